The fourth-order valence-corrected chi connectivity index (χ4v) is 5.47. The molecule has 0 unspecified atom stereocenters. The molecule has 0 rings (SSSR count). The molecule has 0 aromatic rings. The van der Waals surface area contributed by atoms with Crippen LogP contribution in [0.15, 0.2) is 0 Å². The van der Waals surface area contributed by atoms with Crippen LogP contribution in [0.25, 0.3) is 0 Å². The molecule has 0 aliphatic carbocycles. The molecule has 0 aliphatic heterocycles. The Balaban J connectivity index is 0. The van der Waals surface area contributed by atoms with Gasteiger partial charge in [-0.25, -0.2) is 4.79 Å². The van der Waals surface area contributed by atoms with Gasteiger partial charge in [0.1, 0.15) is 28.7 Å². The maximum absolute atomic E-state index is 12.5. The van der Waals surface area contributed by atoms with Crippen LogP contribution >= 0.6 is 0 Å². The highest BCUT2D eigenvalue weighted by molar-refractivity contribution is 5.76. The van der Waals surface area contributed by atoms with Crippen molar-refractivity contribution in [2.75, 3.05) is 26.2 Å². The Labute approximate surface area is 302 Å². The third-order valence-corrected chi connectivity index (χ3v) is 8.33. The quantitative estimate of drug-likeness (QED) is 0.0698. The number of hydrogen-bond donors (Lipinski definition) is 1. The molecule has 1 amide bonds. The van der Waals surface area contributed by atoms with Crippen LogP contribution in [0.1, 0.15) is 203 Å². The van der Waals surface area contributed by atoms with Gasteiger partial charge in [-0.2, -0.15) is 0 Å². The normalized spacial score (nSPS) is 11.1. The van der Waals surface area contributed by atoms with E-state index in [1.54, 1.807) is 27.7 Å². The Bertz CT molecular complexity index is 797. The highest BCUT2D eigenvalue weighted by Crippen LogP contribution is 2.14. The van der Waals surface area contributed by atoms with E-state index in [0.717, 1.165) is 116 Å². The van der Waals surface area contributed by atoms with Crippen molar-refractivity contribution in [3.8, 4) is 0 Å². The van der Waals surface area contributed by atoms with Gasteiger partial charge in [0, 0.05) is 38.8 Å². The molecule has 0 aliphatic rings. The first-order chi connectivity index (χ1) is 23.2. The monoisotopic (exact) mass is 695 g/mol. The van der Waals surface area contributed by atoms with Gasteiger partial charge >= 0.3 is 6.09 Å². The van der Waals surface area contributed by atoms with Gasteiger partial charge in [-0.1, -0.05) is 77.0 Å². The first kappa shape index (κ1) is 49.0. The highest BCUT2D eigenvalue weighted by Gasteiger charge is 2.21. The Kier molecular flexibility index (Phi) is 34.4. The first-order valence-corrected chi connectivity index (χ1v) is 19.9. The minimum atomic E-state index is -0.477. The number of carbonyl (C=O) groups excluding carboxylic acids is 5. The van der Waals surface area contributed by atoms with E-state index < -0.39 is 5.60 Å². The smallest absolute Gasteiger partial charge is 0.410 e. The molecule has 0 radical (unpaired) electrons. The van der Waals surface area contributed by atoms with E-state index in [1.165, 1.54) is 51.4 Å². The lowest BCUT2D eigenvalue weighted by Crippen LogP contribution is -2.38. The zero-order chi connectivity index (χ0) is 37.2. The van der Waals surface area contributed by atoms with Gasteiger partial charge in [0.15, 0.2) is 0 Å². The number of nitrogens with one attached hydrogen (secondary N) is 1. The molecule has 49 heavy (non-hydrogen) atoms. The van der Waals surface area contributed by atoms with E-state index >= 15 is 0 Å². The first-order valence-electron chi connectivity index (χ1n) is 19.9. The van der Waals surface area contributed by atoms with Crippen LogP contribution in [0.5, 0.6) is 0 Å². The average Bonchev–Trinajstić information content (AvgIpc) is 2.99. The fourth-order valence-electron chi connectivity index (χ4n) is 5.47. The molecule has 0 bridgehead atoms. The van der Waals surface area contributed by atoms with Crippen LogP contribution in [0, 0.1) is 0 Å². The summed E-state index contributed by atoms with van der Waals surface area (Å²) in [7, 11) is 0. The van der Waals surface area contributed by atoms with E-state index in [-0.39, 0.29) is 17.7 Å². The molecule has 288 valence electrons. The minimum absolute atomic E-state index is 0.222. The van der Waals surface area contributed by atoms with E-state index in [4.69, 9.17) is 4.74 Å². The second kappa shape index (κ2) is 34.4. The van der Waals surface area contributed by atoms with Crippen LogP contribution in [0.4, 0.5) is 4.79 Å². The molecule has 0 saturated carbocycles. The summed E-state index contributed by atoms with van der Waals surface area (Å²) in [6.45, 7) is 16.0. The largest absolute Gasteiger partial charge is 0.444 e. The third-order valence-electron chi connectivity index (χ3n) is 8.33. The van der Waals surface area contributed by atoms with Gasteiger partial charge in [0.2, 0.25) is 0 Å². The van der Waals surface area contributed by atoms with Crippen molar-refractivity contribution in [3.63, 3.8) is 0 Å². The van der Waals surface area contributed by atoms with E-state index in [2.05, 4.69) is 5.32 Å². The summed E-state index contributed by atoms with van der Waals surface area (Å²) in [6, 6.07) is 0. The Morgan fingerprint density at radius 2 is 0.694 bits per heavy atom. The third kappa shape index (κ3) is 43.9. The summed E-state index contributed by atoms with van der Waals surface area (Å²) < 4.78 is 5.56. The van der Waals surface area contributed by atoms with E-state index in [0.29, 0.717) is 24.4 Å². The number of amides is 1. The number of hydrogen-bond acceptors (Lipinski definition) is 7. The molecule has 0 saturated heterocycles. The molecule has 0 fully saturated rings. The molecule has 0 heterocycles. The summed E-state index contributed by atoms with van der Waals surface area (Å²) >= 11 is 0. The van der Waals surface area contributed by atoms with E-state index in [1.807, 2.05) is 25.7 Å². The van der Waals surface area contributed by atoms with Crippen molar-refractivity contribution >= 4 is 29.2 Å². The summed E-state index contributed by atoms with van der Waals surface area (Å²) in [5.41, 5.74) is -0.477. The predicted molar refractivity (Wildman–Crippen MR) is 204 cm³/mol. The lowest BCUT2D eigenvalue weighted by molar-refractivity contribution is -0.117. The molecule has 8 nitrogen and oxygen atoms in total. The summed E-state index contributed by atoms with van der Waals surface area (Å²) in [6.07, 6.45) is 25.1. The van der Waals surface area contributed by atoms with Gasteiger partial charge in [-0.15, -0.1) is 0 Å². The molecule has 8 heteroatoms. The summed E-state index contributed by atoms with van der Waals surface area (Å²) in [5.74, 6) is 1.16. The van der Waals surface area contributed by atoms with Crippen molar-refractivity contribution in [3.05, 3.63) is 0 Å². The molecule has 0 aromatic heterocycles. The maximum Gasteiger partial charge on any atom is 0.410 e. The SMILES string of the molecule is CC(=O)CCCCCCCN(CCCCCCCC(C)=O)C(=O)OC(C)(C)C.CC(=O)CCCCCCCNCCCCCCCC(C)=O. The zero-order valence-corrected chi connectivity index (χ0v) is 33.2. The van der Waals surface area contributed by atoms with Gasteiger partial charge in [-0.3, -0.25) is 0 Å². The maximum atomic E-state index is 12.5. The number of ether oxygens (including phenoxy) is 1. The van der Waals surface area contributed by atoms with Gasteiger partial charge in [-0.05, 0) is 113 Å². The number of unbranched alkanes of at least 4 members (excludes halogenated alkanes) is 16. The second-order valence-electron chi connectivity index (χ2n) is 15.1. The Morgan fingerprint density at radius 3 is 0.980 bits per heavy atom. The van der Waals surface area contributed by atoms with Crippen molar-refractivity contribution in [2.24, 2.45) is 0 Å². The molecule has 0 atom stereocenters. The topological polar surface area (TPSA) is 110 Å². The lowest BCUT2D eigenvalue weighted by atomic mass is 10.1. The summed E-state index contributed by atoms with van der Waals surface area (Å²) in [4.78, 5) is 57.8. The van der Waals surface area contributed by atoms with Gasteiger partial charge in [0.25, 0.3) is 0 Å². The van der Waals surface area contributed by atoms with Gasteiger partial charge < -0.3 is 34.1 Å². The number of carbonyl (C=O) groups is 5. The molecule has 0 spiro atoms. The van der Waals surface area contributed by atoms with Crippen molar-refractivity contribution in [2.45, 2.75) is 208 Å². The molecular formula is C41H78N2O6. The van der Waals surface area contributed by atoms with Crippen molar-refractivity contribution < 1.29 is 28.7 Å². The standard InChI is InChI=1S/C23H43NO4.C18H35NO2/c1-20(25)16-12-8-6-10-14-18-24(22(27)28-23(3,4)5)19-15-11-7-9-13-17-21(2)26;1-17(20)13-9-5-3-7-11-15-19-16-12-8-4-6-10-14-18(2)21/h6-19H2,1-5H3;19H,3-16H2,1-2H3. The number of rotatable bonds is 32. The van der Waals surface area contributed by atoms with Crippen LogP contribution in [0.2, 0.25) is 0 Å². The van der Waals surface area contributed by atoms with Crippen LogP contribution in [-0.2, 0) is 23.9 Å². The van der Waals surface area contributed by atoms with Gasteiger partial charge in [0.05, 0.1) is 0 Å². The zero-order valence-electron chi connectivity index (χ0n) is 33.2. The Morgan fingerprint density at radius 1 is 0.429 bits per heavy atom. The number of nitrogens with zero attached hydrogens (tertiary/aromatic N) is 1. The summed E-state index contributed by atoms with van der Waals surface area (Å²) in [5, 5.41) is 3.50. The predicted octanol–water partition coefficient (Wildman–Crippen LogP) is 10.5. The lowest BCUT2D eigenvalue weighted by Gasteiger charge is -2.27. The second-order valence-corrected chi connectivity index (χ2v) is 15.1. The van der Waals surface area contributed by atoms with Crippen LogP contribution in [0.3, 0.4) is 0 Å². The van der Waals surface area contributed by atoms with Crippen molar-refractivity contribution in [1.29, 1.82) is 0 Å². The number of Topliss-reactive ketones (excluding diaryl/α,β-unsaturated/α-hetero) is 4. The average molecular weight is 695 g/mol. The number of ketones is 4. The molecular weight excluding hydrogens is 616 g/mol. The van der Waals surface area contributed by atoms with Crippen molar-refractivity contribution in [1.82, 2.24) is 10.2 Å². The highest BCUT2D eigenvalue weighted by atomic mass is 16.6. The Hall–Kier alpha value is -2.09. The van der Waals surface area contributed by atoms with Crippen LogP contribution < -0.4 is 5.32 Å². The van der Waals surface area contributed by atoms with Crippen LogP contribution in [-0.4, -0.2) is 65.9 Å². The molecule has 0 aromatic carbocycles. The fraction of sp³-hybridized carbons (Fsp3) is 0.878. The minimum Gasteiger partial charge on any atom is -0.444 e. The van der Waals surface area contributed by atoms with E-state index in [9.17, 15) is 24.0 Å². The molecule has 1 N–H and O–H groups in total.